The number of hydrogen-bond acceptors (Lipinski definition) is 2. The van der Waals surface area contributed by atoms with Gasteiger partial charge in [-0.2, -0.15) is 0 Å². The molecule has 0 radical (unpaired) electrons. The molecule has 0 fully saturated rings. The highest BCUT2D eigenvalue weighted by Crippen LogP contribution is 2.38. The molecule has 0 amide bonds. The summed E-state index contributed by atoms with van der Waals surface area (Å²) in [6.07, 6.45) is 5.13. The first kappa shape index (κ1) is 14.8. The molecule has 0 bridgehead atoms. The Morgan fingerprint density at radius 1 is 1.45 bits per heavy atom. The Kier molecular flexibility index (Phi) is 4.00. The number of allylic oxidation sites excluding steroid dienone is 3. The van der Waals surface area contributed by atoms with Crippen LogP contribution in [0.2, 0.25) is 5.02 Å². The predicted molar refractivity (Wildman–Crippen MR) is 78.5 cm³/mol. The van der Waals surface area contributed by atoms with Gasteiger partial charge in [-0.15, -0.1) is 0 Å². The molecule has 106 valence electrons. The summed E-state index contributed by atoms with van der Waals surface area (Å²) < 4.78 is 19.4. The molecule has 2 rings (SSSR count). The van der Waals surface area contributed by atoms with Crippen LogP contribution in [-0.2, 0) is 4.79 Å². The summed E-state index contributed by atoms with van der Waals surface area (Å²) >= 11 is 5.80. The van der Waals surface area contributed by atoms with Gasteiger partial charge in [0.05, 0.1) is 11.6 Å². The summed E-state index contributed by atoms with van der Waals surface area (Å²) in [5.41, 5.74) is 1.14. The monoisotopic (exact) mass is 294 g/mol. The van der Waals surface area contributed by atoms with Crippen molar-refractivity contribution in [2.45, 2.75) is 20.8 Å². The average Bonchev–Trinajstić information content (AvgIpc) is 2.46. The number of fused-ring (bicyclic) bond motifs is 1. The van der Waals surface area contributed by atoms with Crippen LogP contribution in [0.1, 0.15) is 26.3 Å². The maximum absolute atomic E-state index is 13.7. The van der Waals surface area contributed by atoms with Gasteiger partial charge >= 0.3 is 0 Å². The van der Waals surface area contributed by atoms with Gasteiger partial charge in [0.15, 0.2) is 5.78 Å². The molecule has 1 heterocycles. The highest BCUT2D eigenvalue weighted by atomic mass is 35.5. The third kappa shape index (κ3) is 3.28. The Bertz CT molecular complexity index is 615. The quantitative estimate of drug-likeness (QED) is 0.754. The van der Waals surface area contributed by atoms with Gasteiger partial charge in [-0.25, -0.2) is 4.39 Å². The van der Waals surface area contributed by atoms with E-state index in [9.17, 15) is 9.18 Å². The first-order chi connectivity index (χ1) is 9.28. The lowest BCUT2D eigenvalue weighted by atomic mass is 9.90. The summed E-state index contributed by atoms with van der Waals surface area (Å²) in [7, 11) is 0. The second kappa shape index (κ2) is 5.41. The van der Waals surface area contributed by atoms with Crippen LogP contribution in [0.15, 0.2) is 30.4 Å². The molecule has 0 aromatic heterocycles. The van der Waals surface area contributed by atoms with E-state index in [-0.39, 0.29) is 16.2 Å². The zero-order valence-corrected chi connectivity index (χ0v) is 12.4. The maximum Gasteiger partial charge on any atom is 0.152 e. The van der Waals surface area contributed by atoms with Gasteiger partial charge < -0.3 is 4.74 Å². The van der Waals surface area contributed by atoms with Crippen LogP contribution in [0.4, 0.5) is 4.39 Å². The number of ether oxygens (including phenoxy) is 1. The molecule has 4 heteroatoms. The highest BCUT2D eigenvalue weighted by molar-refractivity contribution is 6.31. The molecule has 0 unspecified atom stereocenters. The number of ketones is 1. The molecule has 1 aliphatic rings. The van der Waals surface area contributed by atoms with E-state index in [0.717, 1.165) is 5.57 Å². The lowest BCUT2D eigenvalue weighted by Gasteiger charge is -2.18. The van der Waals surface area contributed by atoms with Crippen LogP contribution in [0.5, 0.6) is 5.75 Å². The highest BCUT2D eigenvalue weighted by Gasteiger charge is 2.24. The van der Waals surface area contributed by atoms with Gasteiger partial charge in [0.1, 0.15) is 11.6 Å². The number of carbonyl (C=O) groups excluding carboxylic acids is 1. The van der Waals surface area contributed by atoms with Crippen LogP contribution >= 0.6 is 11.6 Å². The minimum absolute atomic E-state index is 0.0263. The Morgan fingerprint density at radius 2 is 2.15 bits per heavy atom. The fourth-order valence-electron chi connectivity index (χ4n) is 2.02. The Morgan fingerprint density at radius 3 is 2.80 bits per heavy atom. The summed E-state index contributed by atoms with van der Waals surface area (Å²) in [6, 6.07) is 2.82. The predicted octanol–water partition coefficient (Wildman–Crippen LogP) is 4.43. The third-order valence-electron chi connectivity index (χ3n) is 2.98. The normalized spacial score (nSPS) is 17.1. The van der Waals surface area contributed by atoms with Crippen molar-refractivity contribution in [2.75, 3.05) is 6.61 Å². The van der Waals surface area contributed by atoms with Crippen molar-refractivity contribution < 1.29 is 13.9 Å². The van der Waals surface area contributed by atoms with E-state index in [2.05, 4.69) is 0 Å². The maximum atomic E-state index is 13.7. The van der Waals surface area contributed by atoms with Crippen LogP contribution in [0.25, 0.3) is 5.57 Å². The van der Waals surface area contributed by atoms with Crippen LogP contribution in [0.3, 0.4) is 0 Å². The van der Waals surface area contributed by atoms with E-state index >= 15 is 0 Å². The second-order valence-electron chi connectivity index (χ2n) is 5.58. The van der Waals surface area contributed by atoms with Gasteiger partial charge in [-0.05, 0) is 24.6 Å². The summed E-state index contributed by atoms with van der Waals surface area (Å²) in [6.45, 7) is 5.95. The van der Waals surface area contributed by atoms with Crippen molar-refractivity contribution in [2.24, 2.45) is 5.41 Å². The molecule has 0 aliphatic carbocycles. The number of rotatable bonds is 2. The largest absolute Gasteiger partial charge is 0.492 e. The molecule has 1 aromatic carbocycles. The minimum Gasteiger partial charge on any atom is -0.492 e. The molecular weight excluding hydrogens is 279 g/mol. The summed E-state index contributed by atoms with van der Waals surface area (Å²) in [5.74, 6) is -0.0397. The topological polar surface area (TPSA) is 26.3 Å². The molecule has 1 aliphatic heterocycles. The SMILES string of the molecule is CC(=O)C=CC1=CC(C)(C)COc2cc(Cl)c(F)cc21. The summed E-state index contributed by atoms with van der Waals surface area (Å²) in [5, 5.41) is 0.0263. The van der Waals surface area contributed by atoms with E-state index in [1.807, 2.05) is 19.9 Å². The van der Waals surface area contributed by atoms with Crippen molar-refractivity contribution in [3.05, 3.63) is 46.8 Å². The first-order valence-corrected chi connectivity index (χ1v) is 6.70. The number of benzene rings is 1. The van der Waals surface area contributed by atoms with Gasteiger partial charge in [-0.1, -0.05) is 37.6 Å². The molecule has 0 saturated heterocycles. The zero-order chi connectivity index (χ0) is 14.9. The van der Waals surface area contributed by atoms with Crippen LogP contribution in [0, 0.1) is 11.2 Å². The number of carbonyl (C=O) groups is 1. The zero-order valence-electron chi connectivity index (χ0n) is 11.7. The van der Waals surface area contributed by atoms with Crippen molar-refractivity contribution in [3.63, 3.8) is 0 Å². The van der Waals surface area contributed by atoms with Crippen molar-refractivity contribution >= 4 is 23.0 Å². The molecule has 20 heavy (non-hydrogen) atoms. The third-order valence-corrected chi connectivity index (χ3v) is 3.27. The number of halogens is 2. The Hall–Kier alpha value is -1.61. The minimum atomic E-state index is -0.504. The van der Waals surface area contributed by atoms with Gasteiger partial charge in [0, 0.05) is 17.0 Å². The van der Waals surface area contributed by atoms with Gasteiger partial charge in [-0.3, -0.25) is 4.79 Å². The van der Waals surface area contributed by atoms with Crippen molar-refractivity contribution in [1.82, 2.24) is 0 Å². The van der Waals surface area contributed by atoms with Gasteiger partial charge in [0.2, 0.25) is 0 Å². The second-order valence-corrected chi connectivity index (χ2v) is 5.99. The van der Waals surface area contributed by atoms with E-state index in [4.69, 9.17) is 16.3 Å². The molecule has 0 N–H and O–H groups in total. The van der Waals surface area contributed by atoms with Crippen molar-refractivity contribution in [1.29, 1.82) is 0 Å². The molecular formula is C16H16ClFO2. The lowest BCUT2D eigenvalue weighted by Crippen LogP contribution is -2.17. The van der Waals surface area contributed by atoms with Crippen LogP contribution < -0.4 is 4.74 Å². The molecule has 0 saturated carbocycles. The first-order valence-electron chi connectivity index (χ1n) is 6.32. The molecule has 0 atom stereocenters. The Balaban J connectivity index is 2.58. The van der Waals surface area contributed by atoms with Crippen molar-refractivity contribution in [3.8, 4) is 5.75 Å². The van der Waals surface area contributed by atoms with E-state index in [1.54, 1.807) is 6.08 Å². The fraction of sp³-hybridized carbons (Fsp3) is 0.312. The van der Waals surface area contributed by atoms with E-state index in [0.29, 0.717) is 17.9 Å². The van der Waals surface area contributed by atoms with E-state index in [1.165, 1.54) is 25.1 Å². The lowest BCUT2D eigenvalue weighted by molar-refractivity contribution is -0.112. The van der Waals surface area contributed by atoms with Gasteiger partial charge in [0.25, 0.3) is 0 Å². The standard InChI is InChI=1S/C16H16ClFO2/c1-10(19)4-5-11-8-16(2,3)9-20-15-7-13(17)14(18)6-12(11)15/h4-8H,9H2,1-3H3. The number of hydrogen-bond donors (Lipinski definition) is 0. The van der Waals surface area contributed by atoms with E-state index < -0.39 is 5.82 Å². The fourth-order valence-corrected chi connectivity index (χ4v) is 2.18. The molecule has 0 spiro atoms. The van der Waals surface area contributed by atoms with Crippen LogP contribution in [-0.4, -0.2) is 12.4 Å². The smallest absolute Gasteiger partial charge is 0.152 e. The Labute approximate surface area is 122 Å². The molecule has 2 nitrogen and oxygen atoms in total. The summed E-state index contributed by atoms with van der Waals surface area (Å²) in [4.78, 5) is 11.1. The average molecular weight is 295 g/mol. The molecule has 1 aromatic rings.